The SMILES string of the molecule is FC(F)(F)C1CCCN(Cc2csc(-c3ccco3)n2)C1. The molecule has 0 saturated carbocycles. The van der Waals surface area contributed by atoms with Crippen molar-refractivity contribution in [2.45, 2.75) is 25.6 Å². The second kappa shape index (κ2) is 5.81. The summed E-state index contributed by atoms with van der Waals surface area (Å²) in [5.74, 6) is -0.521. The Kier molecular flexibility index (Phi) is 4.03. The second-order valence-electron chi connectivity index (χ2n) is 5.24. The lowest BCUT2D eigenvalue weighted by atomic mass is 9.97. The molecule has 1 aliphatic heterocycles. The highest BCUT2D eigenvalue weighted by atomic mass is 32.1. The first-order chi connectivity index (χ1) is 10.0. The predicted octanol–water partition coefficient (Wildman–Crippen LogP) is 4.18. The fraction of sp³-hybridized carbons (Fsp3) is 0.500. The lowest BCUT2D eigenvalue weighted by Gasteiger charge is -2.33. The third-order valence-electron chi connectivity index (χ3n) is 3.64. The average Bonchev–Trinajstić information content (AvgIpc) is 3.08. The van der Waals surface area contributed by atoms with Crippen LogP contribution >= 0.6 is 11.3 Å². The molecule has 1 unspecified atom stereocenters. The summed E-state index contributed by atoms with van der Waals surface area (Å²) in [6, 6.07) is 3.61. The van der Waals surface area contributed by atoms with E-state index in [0.717, 1.165) is 10.7 Å². The Balaban J connectivity index is 1.64. The number of thiazole rings is 1. The minimum Gasteiger partial charge on any atom is -0.462 e. The highest BCUT2D eigenvalue weighted by Crippen LogP contribution is 2.33. The van der Waals surface area contributed by atoms with Gasteiger partial charge >= 0.3 is 6.18 Å². The Bertz CT molecular complexity index is 579. The molecule has 2 aromatic heterocycles. The molecule has 1 aliphatic rings. The summed E-state index contributed by atoms with van der Waals surface area (Å²) < 4.78 is 43.6. The maximum atomic E-state index is 12.8. The Hall–Kier alpha value is -1.34. The van der Waals surface area contributed by atoms with Crippen LogP contribution in [0.4, 0.5) is 13.2 Å². The molecular weight excluding hydrogens is 301 g/mol. The van der Waals surface area contributed by atoms with Crippen LogP contribution in [0.2, 0.25) is 0 Å². The number of piperidine rings is 1. The van der Waals surface area contributed by atoms with Gasteiger partial charge in [0.15, 0.2) is 10.8 Å². The van der Waals surface area contributed by atoms with Crippen molar-refractivity contribution in [2.75, 3.05) is 13.1 Å². The van der Waals surface area contributed by atoms with Gasteiger partial charge in [0.1, 0.15) is 0 Å². The third-order valence-corrected chi connectivity index (χ3v) is 4.54. The van der Waals surface area contributed by atoms with E-state index in [9.17, 15) is 13.2 Å². The lowest BCUT2D eigenvalue weighted by molar-refractivity contribution is -0.187. The van der Waals surface area contributed by atoms with Crippen LogP contribution in [0.1, 0.15) is 18.5 Å². The smallest absolute Gasteiger partial charge is 0.393 e. The predicted molar refractivity (Wildman–Crippen MR) is 73.9 cm³/mol. The molecule has 0 N–H and O–H groups in total. The van der Waals surface area contributed by atoms with E-state index in [1.54, 1.807) is 12.3 Å². The molecule has 0 aromatic carbocycles. The summed E-state index contributed by atoms with van der Waals surface area (Å²) in [7, 11) is 0. The van der Waals surface area contributed by atoms with Crippen molar-refractivity contribution in [2.24, 2.45) is 5.92 Å². The van der Waals surface area contributed by atoms with Gasteiger partial charge in [0.05, 0.1) is 17.9 Å². The Morgan fingerprint density at radius 1 is 1.43 bits per heavy atom. The number of halogens is 3. The van der Waals surface area contributed by atoms with Crippen LogP contribution in [0.3, 0.4) is 0 Å². The monoisotopic (exact) mass is 316 g/mol. The van der Waals surface area contributed by atoms with Crippen LogP contribution in [0.5, 0.6) is 0 Å². The molecule has 7 heteroatoms. The number of rotatable bonds is 3. The lowest BCUT2D eigenvalue weighted by Crippen LogP contribution is -2.41. The first-order valence-electron chi connectivity index (χ1n) is 6.80. The van der Waals surface area contributed by atoms with Gasteiger partial charge in [-0.3, -0.25) is 4.90 Å². The highest BCUT2D eigenvalue weighted by Gasteiger charge is 2.41. The molecule has 3 rings (SSSR count). The zero-order valence-electron chi connectivity index (χ0n) is 11.3. The molecule has 0 aliphatic carbocycles. The number of hydrogen-bond acceptors (Lipinski definition) is 4. The van der Waals surface area contributed by atoms with Gasteiger partial charge < -0.3 is 4.42 Å². The van der Waals surface area contributed by atoms with Crippen LogP contribution in [0, 0.1) is 5.92 Å². The van der Waals surface area contributed by atoms with Gasteiger partial charge in [-0.25, -0.2) is 4.98 Å². The minimum absolute atomic E-state index is 0.0666. The van der Waals surface area contributed by atoms with Crippen molar-refractivity contribution in [3.8, 4) is 10.8 Å². The fourth-order valence-corrected chi connectivity index (χ4v) is 3.37. The standard InChI is InChI=1S/C14H15F3N2OS/c15-14(16,17)10-3-1-5-19(7-10)8-11-9-21-13(18-11)12-4-2-6-20-12/h2,4,6,9-10H,1,3,5,7-8H2. The van der Waals surface area contributed by atoms with Gasteiger partial charge in [0.2, 0.25) is 0 Å². The maximum Gasteiger partial charge on any atom is 0.393 e. The Morgan fingerprint density at radius 2 is 2.29 bits per heavy atom. The minimum atomic E-state index is -4.10. The van der Waals surface area contributed by atoms with Crippen LogP contribution < -0.4 is 0 Å². The van der Waals surface area contributed by atoms with Crippen molar-refractivity contribution < 1.29 is 17.6 Å². The molecule has 3 nitrogen and oxygen atoms in total. The number of nitrogens with zero attached hydrogens (tertiary/aromatic N) is 2. The van der Waals surface area contributed by atoms with Crippen LogP contribution in [-0.4, -0.2) is 29.1 Å². The first-order valence-corrected chi connectivity index (χ1v) is 7.67. The first kappa shape index (κ1) is 14.6. The summed E-state index contributed by atoms with van der Waals surface area (Å²) >= 11 is 1.45. The average molecular weight is 316 g/mol. The van der Waals surface area contributed by atoms with Crippen molar-refractivity contribution in [3.05, 3.63) is 29.5 Å². The van der Waals surface area contributed by atoms with Crippen LogP contribution in [0.25, 0.3) is 10.8 Å². The zero-order valence-corrected chi connectivity index (χ0v) is 12.1. The normalized spacial score (nSPS) is 20.8. The third kappa shape index (κ3) is 3.47. The van der Waals surface area contributed by atoms with E-state index in [0.29, 0.717) is 25.3 Å². The quantitative estimate of drug-likeness (QED) is 0.851. The van der Waals surface area contributed by atoms with Gasteiger partial charge in [-0.05, 0) is 31.5 Å². The van der Waals surface area contributed by atoms with E-state index >= 15 is 0 Å². The van der Waals surface area contributed by atoms with E-state index in [2.05, 4.69) is 4.98 Å². The fourth-order valence-electron chi connectivity index (χ4n) is 2.59. The van der Waals surface area contributed by atoms with Crippen molar-refractivity contribution in [1.29, 1.82) is 0 Å². The molecule has 1 fully saturated rings. The molecule has 3 heterocycles. The molecule has 0 bridgehead atoms. The van der Waals surface area contributed by atoms with Gasteiger partial charge in [-0.2, -0.15) is 13.2 Å². The van der Waals surface area contributed by atoms with E-state index < -0.39 is 12.1 Å². The van der Waals surface area contributed by atoms with E-state index in [1.165, 1.54) is 11.3 Å². The number of likely N-dealkylation sites (tertiary alicyclic amines) is 1. The second-order valence-corrected chi connectivity index (χ2v) is 6.10. The van der Waals surface area contributed by atoms with Crippen molar-refractivity contribution in [3.63, 3.8) is 0 Å². The summed E-state index contributed by atoms with van der Waals surface area (Å²) in [6.45, 7) is 1.22. The van der Waals surface area contributed by atoms with Gasteiger partial charge in [-0.1, -0.05) is 0 Å². The Morgan fingerprint density at radius 3 is 3.00 bits per heavy atom. The van der Waals surface area contributed by atoms with Gasteiger partial charge in [-0.15, -0.1) is 11.3 Å². The molecule has 114 valence electrons. The molecule has 1 atom stereocenters. The topological polar surface area (TPSA) is 29.3 Å². The molecule has 21 heavy (non-hydrogen) atoms. The number of hydrogen-bond donors (Lipinski definition) is 0. The van der Waals surface area contributed by atoms with Crippen molar-refractivity contribution in [1.82, 2.24) is 9.88 Å². The highest BCUT2D eigenvalue weighted by molar-refractivity contribution is 7.13. The number of aromatic nitrogens is 1. The van der Waals surface area contributed by atoms with Gasteiger partial charge in [0, 0.05) is 18.5 Å². The number of alkyl halides is 3. The summed E-state index contributed by atoms with van der Waals surface area (Å²) in [5.41, 5.74) is 0.800. The van der Waals surface area contributed by atoms with E-state index in [1.807, 2.05) is 16.3 Å². The number of furan rings is 1. The Labute approximate surface area is 124 Å². The summed E-state index contributed by atoms with van der Waals surface area (Å²) in [4.78, 5) is 6.27. The van der Waals surface area contributed by atoms with Crippen molar-refractivity contribution >= 4 is 11.3 Å². The summed E-state index contributed by atoms with van der Waals surface area (Å²) in [5, 5.41) is 2.65. The molecule has 2 aromatic rings. The zero-order chi connectivity index (χ0) is 14.9. The summed E-state index contributed by atoms with van der Waals surface area (Å²) in [6.07, 6.45) is -1.71. The largest absolute Gasteiger partial charge is 0.462 e. The van der Waals surface area contributed by atoms with Crippen LogP contribution in [-0.2, 0) is 6.54 Å². The molecule has 0 spiro atoms. The van der Waals surface area contributed by atoms with E-state index in [-0.39, 0.29) is 13.0 Å². The molecule has 1 saturated heterocycles. The van der Waals surface area contributed by atoms with Crippen LogP contribution in [0.15, 0.2) is 28.2 Å². The van der Waals surface area contributed by atoms with Gasteiger partial charge in [0.25, 0.3) is 0 Å². The molecular formula is C14H15F3N2OS. The van der Waals surface area contributed by atoms with E-state index in [4.69, 9.17) is 4.42 Å². The molecule has 0 amide bonds. The molecule has 0 radical (unpaired) electrons. The maximum absolute atomic E-state index is 12.8.